The first-order chi connectivity index (χ1) is 12.9. The van der Waals surface area contributed by atoms with Crippen molar-refractivity contribution < 1.29 is 24.5 Å². The first kappa shape index (κ1) is 19.7. The van der Waals surface area contributed by atoms with Crippen LogP contribution in [-0.4, -0.2) is 34.2 Å². The number of anilines is 1. The number of ether oxygens (including phenoxy) is 1. The number of hydrogen-bond donors (Lipinski definition) is 3. The standard InChI is InChI=1S/C16H16N2O.C4H4O4/c1-19-16-4-2-3-11-9-12(5-6-14(11)16)15-10-13(17)7-8-18-15;5-3(6)1-2-4(7)8/h2-4,7-10H,5-6H2,1H3,(H2,17,18);1-2H,(H,5,6)(H,7,8). The van der Waals surface area contributed by atoms with Gasteiger partial charge < -0.3 is 20.7 Å². The molecule has 1 aliphatic rings. The van der Waals surface area contributed by atoms with E-state index in [0.29, 0.717) is 12.2 Å². The van der Waals surface area contributed by atoms with Crippen molar-refractivity contribution in [2.75, 3.05) is 12.8 Å². The summed E-state index contributed by atoms with van der Waals surface area (Å²) in [5.41, 5.74) is 11.3. The minimum Gasteiger partial charge on any atom is -0.496 e. The van der Waals surface area contributed by atoms with Crippen LogP contribution in [0.3, 0.4) is 0 Å². The van der Waals surface area contributed by atoms with Crippen LogP contribution in [0.4, 0.5) is 5.69 Å². The second-order valence-corrected chi connectivity index (χ2v) is 5.68. The molecule has 0 aliphatic heterocycles. The molecule has 0 unspecified atom stereocenters. The zero-order valence-corrected chi connectivity index (χ0v) is 14.8. The topological polar surface area (TPSA) is 123 Å². The fourth-order valence-corrected chi connectivity index (χ4v) is 2.66. The molecule has 0 amide bonds. The molecule has 0 bridgehead atoms. The second-order valence-electron chi connectivity index (χ2n) is 5.68. The molecule has 27 heavy (non-hydrogen) atoms. The maximum Gasteiger partial charge on any atom is 0.328 e. The Bertz CT molecular complexity index is 887. The largest absolute Gasteiger partial charge is 0.496 e. The Labute approximate surface area is 156 Å². The quantitative estimate of drug-likeness (QED) is 0.709. The van der Waals surface area contributed by atoms with Crippen molar-refractivity contribution in [1.82, 2.24) is 4.98 Å². The number of pyridine rings is 1. The molecule has 1 heterocycles. The number of carboxylic acid groups (broad SMARTS) is 2. The number of allylic oxidation sites excluding steroid dienone is 1. The predicted octanol–water partition coefficient (Wildman–Crippen LogP) is 2.87. The third-order valence-electron chi connectivity index (χ3n) is 3.84. The molecule has 1 aromatic carbocycles. The first-order valence-corrected chi connectivity index (χ1v) is 8.13. The summed E-state index contributed by atoms with van der Waals surface area (Å²) in [4.78, 5) is 23.5. The van der Waals surface area contributed by atoms with Gasteiger partial charge in [-0.15, -0.1) is 0 Å². The fourth-order valence-electron chi connectivity index (χ4n) is 2.66. The second kappa shape index (κ2) is 9.19. The summed E-state index contributed by atoms with van der Waals surface area (Å²) in [5.74, 6) is -1.55. The van der Waals surface area contributed by atoms with Crippen molar-refractivity contribution in [3.05, 3.63) is 65.5 Å². The lowest BCUT2D eigenvalue weighted by Gasteiger charge is -2.18. The van der Waals surface area contributed by atoms with Crippen LogP contribution in [0.2, 0.25) is 0 Å². The number of fused-ring (bicyclic) bond motifs is 1. The highest BCUT2D eigenvalue weighted by Crippen LogP contribution is 2.34. The molecule has 1 aromatic heterocycles. The minimum absolute atomic E-state index is 0.558. The van der Waals surface area contributed by atoms with Gasteiger partial charge in [-0.05, 0) is 48.3 Å². The Morgan fingerprint density at radius 3 is 2.44 bits per heavy atom. The van der Waals surface area contributed by atoms with Crippen LogP contribution in [0, 0.1) is 0 Å². The summed E-state index contributed by atoms with van der Waals surface area (Å²) in [6.07, 6.45) is 6.99. The Morgan fingerprint density at radius 1 is 1.15 bits per heavy atom. The Balaban J connectivity index is 0.000000279. The van der Waals surface area contributed by atoms with E-state index >= 15 is 0 Å². The van der Waals surface area contributed by atoms with Crippen LogP contribution in [0.25, 0.3) is 11.6 Å². The lowest BCUT2D eigenvalue weighted by Crippen LogP contribution is -2.03. The summed E-state index contributed by atoms with van der Waals surface area (Å²) in [6, 6.07) is 9.88. The van der Waals surface area contributed by atoms with Gasteiger partial charge in [-0.2, -0.15) is 0 Å². The average Bonchev–Trinajstić information content (AvgIpc) is 2.66. The monoisotopic (exact) mass is 368 g/mol. The Kier molecular flexibility index (Phi) is 6.71. The fraction of sp³-hybridized carbons (Fsp3) is 0.150. The lowest BCUT2D eigenvalue weighted by atomic mass is 9.90. The third-order valence-corrected chi connectivity index (χ3v) is 3.84. The van der Waals surface area contributed by atoms with Crippen molar-refractivity contribution in [3.8, 4) is 5.75 Å². The van der Waals surface area contributed by atoms with Gasteiger partial charge in [0.05, 0.1) is 12.8 Å². The SMILES string of the molecule is COc1cccc2c1CCC(c1cc(N)ccn1)=C2.O=C(O)C=CC(=O)O. The molecule has 0 saturated carbocycles. The highest BCUT2D eigenvalue weighted by molar-refractivity contribution is 5.89. The Hall–Kier alpha value is -3.61. The number of nitrogen functional groups attached to an aromatic ring is 1. The third kappa shape index (κ3) is 5.71. The van der Waals surface area contributed by atoms with Crippen LogP contribution in [0.1, 0.15) is 23.2 Å². The van der Waals surface area contributed by atoms with Gasteiger partial charge in [0.1, 0.15) is 5.75 Å². The number of rotatable bonds is 4. The number of nitrogens with two attached hydrogens (primary N) is 1. The number of carboxylic acids is 2. The minimum atomic E-state index is -1.26. The number of aliphatic carboxylic acids is 2. The lowest BCUT2D eigenvalue weighted by molar-refractivity contribution is -0.134. The van der Waals surface area contributed by atoms with Gasteiger partial charge in [-0.25, -0.2) is 9.59 Å². The van der Waals surface area contributed by atoms with Crippen LogP contribution in [-0.2, 0) is 16.0 Å². The molecule has 1 aliphatic carbocycles. The first-order valence-electron chi connectivity index (χ1n) is 8.13. The molecule has 0 fully saturated rings. The molecule has 0 atom stereocenters. The van der Waals surface area contributed by atoms with Gasteiger partial charge in [0.2, 0.25) is 0 Å². The van der Waals surface area contributed by atoms with E-state index in [-0.39, 0.29) is 0 Å². The summed E-state index contributed by atoms with van der Waals surface area (Å²) >= 11 is 0. The maximum atomic E-state index is 9.55. The van der Waals surface area contributed by atoms with E-state index in [0.717, 1.165) is 30.0 Å². The summed E-state index contributed by atoms with van der Waals surface area (Å²) in [7, 11) is 1.72. The molecule has 3 rings (SSSR count). The van der Waals surface area contributed by atoms with E-state index in [4.69, 9.17) is 20.7 Å². The Morgan fingerprint density at radius 2 is 1.85 bits per heavy atom. The molecule has 0 radical (unpaired) electrons. The number of hydrogen-bond acceptors (Lipinski definition) is 5. The molecular formula is C20H20N2O5. The van der Waals surface area contributed by atoms with Crippen molar-refractivity contribution in [2.24, 2.45) is 0 Å². The molecule has 7 heteroatoms. The molecule has 7 nitrogen and oxygen atoms in total. The van der Waals surface area contributed by atoms with Crippen LogP contribution in [0.5, 0.6) is 5.75 Å². The summed E-state index contributed by atoms with van der Waals surface area (Å²) in [5, 5.41) is 15.6. The normalized spacial score (nSPS) is 12.4. The van der Waals surface area contributed by atoms with E-state index in [9.17, 15) is 9.59 Å². The van der Waals surface area contributed by atoms with Crippen LogP contribution >= 0.6 is 0 Å². The van der Waals surface area contributed by atoms with E-state index < -0.39 is 11.9 Å². The van der Waals surface area contributed by atoms with E-state index in [1.807, 2.05) is 24.3 Å². The molecular weight excluding hydrogens is 348 g/mol. The van der Waals surface area contributed by atoms with Crippen molar-refractivity contribution in [3.63, 3.8) is 0 Å². The number of aromatic nitrogens is 1. The molecule has 0 saturated heterocycles. The predicted molar refractivity (Wildman–Crippen MR) is 102 cm³/mol. The maximum absolute atomic E-state index is 9.55. The molecule has 4 N–H and O–H groups in total. The van der Waals surface area contributed by atoms with E-state index in [2.05, 4.69) is 17.1 Å². The highest BCUT2D eigenvalue weighted by Gasteiger charge is 2.16. The molecule has 2 aromatic rings. The number of carbonyl (C=O) groups is 2. The number of methoxy groups -OCH3 is 1. The van der Waals surface area contributed by atoms with Gasteiger partial charge in [-0.1, -0.05) is 12.1 Å². The zero-order chi connectivity index (χ0) is 19.8. The molecule has 140 valence electrons. The van der Waals surface area contributed by atoms with Gasteiger partial charge in [-0.3, -0.25) is 4.98 Å². The van der Waals surface area contributed by atoms with Gasteiger partial charge in [0.25, 0.3) is 0 Å². The molecule has 0 spiro atoms. The smallest absolute Gasteiger partial charge is 0.328 e. The average molecular weight is 368 g/mol. The van der Waals surface area contributed by atoms with E-state index in [1.165, 1.54) is 16.7 Å². The van der Waals surface area contributed by atoms with Crippen molar-refractivity contribution in [1.29, 1.82) is 0 Å². The van der Waals surface area contributed by atoms with Crippen molar-refractivity contribution in [2.45, 2.75) is 12.8 Å². The number of benzene rings is 1. The zero-order valence-electron chi connectivity index (χ0n) is 14.8. The number of nitrogens with zero attached hydrogens (tertiary/aromatic N) is 1. The van der Waals surface area contributed by atoms with Crippen LogP contribution in [0.15, 0.2) is 48.7 Å². The summed E-state index contributed by atoms with van der Waals surface area (Å²) < 4.78 is 5.41. The van der Waals surface area contributed by atoms with Gasteiger partial charge in [0.15, 0.2) is 0 Å². The van der Waals surface area contributed by atoms with Crippen LogP contribution < -0.4 is 10.5 Å². The van der Waals surface area contributed by atoms with Crippen molar-refractivity contribution >= 4 is 29.3 Å². The highest BCUT2D eigenvalue weighted by atomic mass is 16.5. The van der Waals surface area contributed by atoms with Gasteiger partial charge >= 0.3 is 11.9 Å². The van der Waals surface area contributed by atoms with E-state index in [1.54, 1.807) is 13.3 Å². The summed E-state index contributed by atoms with van der Waals surface area (Å²) in [6.45, 7) is 0. The van der Waals surface area contributed by atoms with Gasteiger partial charge in [0, 0.05) is 29.6 Å².